The van der Waals surface area contributed by atoms with E-state index in [1.807, 2.05) is 62.5 Å². The van der Waals surface area contributed by atoms with Crippen LogP contribution in [-0.4, -0.2) is 20.2 Å². The summed E-state index contributed by atoms with van der Waals surface area (Å²) in [5.74, 6) is -0.253. The first kappa shape index (κ1) is 20.6. The molecule has 0 aliphatic rings. The van der Waals surface area contributed by atoms with Crippen LogP contribution in [0.15, 0.2) is 73.6 Å². The van der Waals surface area contributed by atoms with Crippen LogP contribution in [0.3, 0.4) is 0 Å². The summed E-state index contributed by atoms with van der Waals surface area (Å²) in [6.45, 7) is 8.30. The summed E-state index contributed by atoms with van der Waals surface area (Å²) in [7, 11) is 0. The number of nitrogens with one attached hydrogen (secondary N) is 2. The van der Waals surface area contributed by atoms with Crippen molar-refractivity contribution < 1.29 is 4.39 Å². The van der Waals surface area contributed by atoms with Crippen LogP contribution in [0.25, 0.3) is 51.1 Å². The molecule has 0 aliphatic heterocycles. The van der Waals surface area contributed by atoms with Crippen molar-refractivity contribution in [3.63, 3.8) is 0 Å². The molecule has 5 rings (SSSR count). The molecule has 3 aromatic heterocycles. The fourth-order valence-electron chi connectivity index (χ4n) is 4.18. The van der Waals surface area contributed by atoms with E-state index in [4.69, 9.17) is 0 Å². The number of benzene rings is 2. The minimum Gasteiger partial charge on any atom is -0.353 e. The molecular weight excluding hydrogens is 411 g/mol. The highest BCUT2D eigenvalue weighted by atomic mass is 19.1. The minimum atomic E-state index is -0.253. The number of halogens is 1. The van der Waals surface area contributed by atoms with E-state index in [0.717, 1.165) is 60.7 Å². The van der Waals surface area contributed by atoms with Gasteiger partial charge in [-0.1, -0.05) is 36.9 Å². The van der Waals surface area contributed by atoms with E-state index in [9.17, 15) is 4.39 Å². The van der Waals surface area contributed by atoms with Gasteiger partial charge in [-0.2, -0.15) is 5.10 Å². The van der Waals surface area contributed by atoms with Gasteiger partial charge >= 0.3 is 0 Å². The van der Waals surface area contributed by atoms with Crippen molar-refractivity contribution in [2.24, 2.45) is 0 Å². The first-order chi connectivity index (χ1) is 16.0. The van der Waals surface area contributed by atoms with E-state index in [1.54, 1.807) is 18.3 Å². The van der Waals surface area contributed by atoms with Crippen molar-refractivity contribution in [3.05, 3.63) is 101 Å². The van der Waals surface area contributed by atoms with E-state index in [-0.39, 0.29) is 5.82 Å². The molecule has 0 amide bonds. The zero-order chi connectivity index (χ0) is 22.9. The number of allylic oxidation sites excluding steroid dienone is 1. The van der Waals surface area contributed by atoms with E-state index in [2.05, 4.69) is 32.8 Å². The first-order valence-corrected chi connectivity index (χ1v) is 10.8. The van der Waals surface area contributed by atoms with Gasteiger partial charge in [0, 0.05) is 34.1 Å². The van der Waals surface area contributed by atoms with Crippen LogP contribution in [0, 0.1) is 12.7 Å². The SMILES string of the molecule is C=C(/C=c1/c(-c2cc3c(-c4cccc(F)c4)cccc3[nH]2)n[nH]/c1=C/C)c1cnccc1C. The molecule has 0 unspecified atom stereocenters. The average molecular weight is 435 g/mol. The number of aryl methyl sites for hydroxylation is 1. The maximum absolute atomic E-state index is 13.9. The van der Waals surface area contributed by atoms with Crippen LogP contribution in [0.4, 0.5) is 4.39 Å². The maximum Gasteiger partial charge on any atom is 0.123 e. The number of nitrogens with zero attached hydrogens (tertiary/aromatic N) is 2. The normalized spacial score (nSPS) is 12.6. The Balaban J connectivity index is 1.68. The van der Waals surface area contributed by atoms with Gasteiger partial charge in [0.1, 0.15) is 11.5 Å². The minimum absolute atomic E-state index is 0.253. The van der Waals surface area contributed by atoms with Crippen LogP contribution >= 0.6 is 0 Å². The average Bonchev–Trinajstić information content (AvgIpc) is 3.42. The Labute approximate surface area is 190 Å². The van der Waals surface area contributed by atoms with Crippen LogP contribution in [0.5, 0.6) is 0 Å². The lowest BCUT2D eigenvalue weighted by atomic mass is 10.0. The number of aromatic amines is 2. The van der Waals surface area contributed by atoms with Gasteiger partial charge in [0.05, 0.1) is 11.0 Å². The van der Waals surface area contributed by atoms with Crippen LogP contribution in [0.2, 0.25) is 0 Å². The predicted molar refractivity (Wildman–Crippen MR) is 133 cm³/mol. The lowest BCUT2D eigenvalue weighted by Gasteiger charge is -2.03. The van der Waals surface area contributed by atoms with Crippen LogP contribution in [0.1, 0.15) is 18.1 Å². The maximum atomic E-state index is 13.9. The lowest BCUT2D eigenvalue weighted by Crippen LogP contribution is -2.23. The number of hydrogen-bond acceptors (Lipinski definition) is 2. The smallest absolute Gasteiger partial charge is 0.123 e. The van der Waals surface area contributed by atoms with Gasteiger partial charge in [-0.25, -0.2) is 4.39 Å². The summed E-state index contributed by atoms with van der Waals surface area (Å²) in [5.41, 5.74) is 7.41. The van der Waals surface area contributed by atoms with Gasteiger partial charge in [0.25, 0.3) is 0 Å². The molecule has 0 aliphatic carbocycles. The molecule has 0 fully saturated rings. The largest absolute Gasteiger partial charge is 0.353 e. The van der Waals surface area contributed by atoms with Gasteiger partial charge in [-0.15, -0.1) is 0 Å². The number of fused-ring (bicyclic) bond motifs is 1. The standard InChI is InChI=1S/C28H23FN4/c1-4-25-23(13-18(3)24-16-30-12-11-17(24)2)28(33-32-25)27-15-22-21(9-6-10-26(22)31-27)19-7-5-8-20(29)14-19/h4-16,31-32H,3H2,1-2H3/b23-13+,25-4+. The number of hydrogen-bond donors (Lipinski definition) is 2. The molecule has 4 nitrogen and oxygen atoms in total. The summed E-state index contributed by atoms with van der Waals surface area (Å²) in [4.78, 5) is 7.73. The number of H-pyrrole nitrogens is 2. The van der Waals surface area contributed by atoms with Crippen molar-refractivity contribution in [1.82, 2.24) is 20.2 Å². The monoisotopic (exact) mass is 434 g/mol. The molecule has 5 heteroatoms. The quantitative estimate of drug-likeness (QED) is 0.400. The molecule has 2 aromatic carbocycles. The fraction of sp³-hybridized carbons (Fsp3) is 0.0714. The summed E-state index contributed by atoms with van der Waals surface area (Å²) in [5, 5.41) is 10.6. The fourth-order valence-corrected chi connectivity index (χ4v) is 4.18. The van der Waals surface area contributed by atoms with Gasteiger partial charge in [0.15, 0.2) is 0 Å². The second kappa shape index (κ2) is 8.36. The zero-order valence-electron chi connectivity index (χ0n) is 18.5. The molecule has 0 saturated carbocycles. The molecule has 0 atom stereocenters. The third kappa shape index (κ3) is 3.78. The summed E-state index contributed by atoms with van der Waals surface area (Å²) >= 11 is 0. The third-order valence-corrected chi connectivity index (χ3v) is 5.88. The number of rotatable bonds is 4. The molecule has 162 valence electrons. The topological polar surface area (TPSA) is 57.4 Å². The van der Waals surface area contributed by atoms with Crippen molar-refractivity contribution in [2.45, 2.75) is 13.8 Å². The Morgan fingerprint density at radius 3 is 2.73 bits per heavy atom. The van der Waals surface area contributed by atoms with Gasteiger partial charge in [-0.3, -0.25) is 10.1 Å². The Bertz CT molecular complexity index is 1620. The molecular formula is C28H23FN4. The van der Waals surface area contributed by atoms with Crippen molar-refractivity contribution in [2.75, 3.05) is 0 Å². The molecule has 5 aromatic rings. The number of pyridine rings is 1. The van der Waals surface area contributed by atoms with Crippen molar-refractivity contribution in [3.8, 4) is 22.5 Å². The molecule has 0 radical (unpaired) electrons. The zero-order valence-corrected chi connectivity index (χ0v) is 18.5. The summed E-state index contributed by atoms with van der Waals surface area (Å²) in [6, 6.07) is 16.7. The Morgan fingerprint density at radius 2 is 1.94 bits per heavy atom. The molecule has 2 N–H and O–H groups in total. The number of aromatic nitrogens is 4. The van der Waals surface area contributed by atoms with E-state index in [1.165, 1.54) is 6.07 Å². The molecule has 0 saturated heterocycles. The highest BCUT2D eigenvalue weighted by Gasteiger charge is 2.13. The van der Waals surface area contributed by atoms with E-state index >= 15 is 0 Å². The summed E-state index contributed by atoms with van der Waals surface area (Å²) in [6.07, 6.45) is 7.64. The lowest BCUT2D eigenvalue weighted by molar-refractivity contribution is 0.628. The van der Waals surface area contributed by atoms with Crippen molar-refractivity contribution in [1.29, 1.82) is 0 Å². The second-order valence-corrected chi connectivity index (χ2v) is 8.01. The molecule has 33 heavy (non-hydrogen) atoms. The van der Waals surface area contributed by atoms with Crippen molar-refractivity contribution >= 4 is 28.6 Å². The summed E-state index contributed by atoms with van der Waals surface area (Å²) < 4.78 is 13.9. The Hall–Kier alpha value is -4.25. The predicted octanol–water partition coefficient (Wildman–Crippen LogP) is 5.36. The van der Waals surface area contributed by atoms with Gasteiger partial charge in [0.2, 0.25) is 0 Å². The van der Waals surface area contributed by atoms with Crippen LogP contribution < -0.4 is 10.6 Å². The van der Waals surface area contributed by atoms with Gasteiger partial charge < -0.3 is 4.98 Å². The van der Waals surface area contributed by atoms with Crippen LogP contribution in [-0.2, 0) is 0 Å². The van der Waals surface area contributed by atoms with Gasteiger partial charge in [-0.05, 0) is 72.5 Å². The highest BCUT2D eigenvalue weighted by molar-refractivity contribution is 5.98. The Morgan fingerprint density at radius 1 is 1.09 bits per heavy atom. The third-order valence-electron chi connectivity index (χ3n) is 5.88. The molecule has 3 heterocycles. The Kier molecular flexibility index (Phi) is 5.23. The van der Waals surface area contributed by atoms with E-state index < -0.39 is 0 Å². The second-order valence-electron chi connectivity index (χ2n) is 8.01. The molecule has 0 bridgehead atoms. The molecule has 0 spiro atoms. The first-order valence-electron chi connectivity index (χ1n) is 10.8. The highest BCUT2D eigenvalue weighted by Crippen LogP contribution is 2.31. The van der Waals surface area contributed by atoms with E-state index in [0.29, 0.717) is 0 Å².